The zero-order valence-corrected chi connectivity index (χ0v) is 8.72. The quantitative estimate of drug-likeness (QED) is 0.795. The van der Waals surface area contributed by atoms with Crippen molar-refractivity contribution < 1.29 is 9.47 Å². The first-order valence-electron chi connectivity index (χ1n) is 3.58. The van der Waals surface area contributed by atoms with Crippen LogP contribution in [0.5, 0.6) is 5.75 Å². The molecule has 0 heterocycles. The molecule has 0 bridgehead atoms. The van der Waals surface area contributed by atoms with Gasteiger partial charge < -0.3 is 9.47 Å². The van der Waals surface area contributed by atoms with Crippen molar-refractivity contribution in [1.82, 2.24) is 0 Å². The molecule has 0 N–H and O–H groups in total. The van der Waals surface area contributed by atoms with E-state index in [1.165, 1.54) is 0 Å². The second-order valence-electron chi connectivity index (χ2n) is 2.43. The molecule has 12 heavy (non-hydrogen) atoms. The van der Waals surface area contributed by atoms with Crippen molar-refractivity contribution in [2.45, 2.75) is 6.61 Å². The Kier molecular flexibility index (Phi) is 3.56. The molecule has 0 radical (unpaired) electrons. The van der Waals surface area contributed by atoms with Crippen LogP contribution < -0.4 is 4.74 Å². The molecule has 1 aromatic rings. The molecule has 0 atom stereocenters. The van der Waals surface area contributed by atoms with E-state index in [1.807, 2.05) is 18.2 Å². The third kappa shape index (κ3) is 2.50. The maximum Gasteiger partial charge on any atom is 0.120 e. The lowest BCUT2D eigenvalue weighted by molar-refractivity contribution is 0.184. The van der Waals surface area contributed by atoms with E-state index in [2.05, 4.69) is 15.9 Å². The summed E-state index contributed by atoms with van der Waals surface area (Å²) in [5, 5.41) is 0. The summed E-state index contributed by atoms with van der Waals surface area (Å²) in [6.07, 6.45) is 0. The molecule has 0 spiro atoms. The van der Waals surface area contributed by atoms with Crippen molar-refractivity contribution >= 4 is 15.9 Å². The lowest BCUT2D eigenvalue weighted by Crippen LogP contribution is -1.89. The number of hydrogen-bond donors (Lipinski definition) is 0. The highest BCUT2D eigenvalue weighted by Crippen LogP contribution is 2.21. The fourth-order valence-electron chi connectivity index (χ4n) is 0.989. The van der Waals surface area contributed by atoms with Crippen molar-refractivity contribution in [2.24, 2.45) is 0 Å². The Morgan fingerprint density at radius 1 is 1.25 bits per heavy atom. The van der Waals surface area contributed by atoms with Crippen molar-refractivity contribution in [1.29, 1.82) is 0 Å². The molecule has 0 aromatic heterocycles. The molecule has 0 fully saturated rings. The summed E-state index contributed by atoms with van der Waals surface area (Å²) in [6, 6.07) is 5.87. The molecular formula is C9H11BrO2. The second kappa shape index (κ2) is 4.48. The minimum Gasteiger partial charge on any atom is -0.497 e. The molecule has 0 amide bonds. The Morgan fingerprint density at radius 3 is 2.58 bits per heavy atom. The van der Waals surface area contributed by atoms with E-state index in [-0.39, 0.29) is 0 Å². The fourth-order valence-corrected chi connectivity index (χ4v) is 1.51. The van der Waals surface area contributed by atoms with Gasteiger partial charge in [-0.05, 0) is 23.8 Å². The van der Waals surface area contributed by atoms with Crippen LogP contribution in [-0.4, -0.2) is 14.2 Å². The Balaban J connectivity index is 2.90. The first-order chi connectivity index (χ1) is 5.76. The third-order valence-electron chi connectivity index (χ3n) is 1.48. The van der Waals surface area contributed by atoms with Crippen LogP contribution in [-0.2, 0) is 11.3 Å². The molecule has 0 aliphatic carbocycles. The Bertz CT molecular complexity index is 261. The van der Waals surface area contributed by atoms with Crippen molar-refractivity contribution in [3.63, 3.8) is 0 Å². The van der Waals surface area contributed by atoms with Gasteiger partial charge in [0.2, 0.25) is 0 Å². The SMILES string of the molecule is COCc1cc(Br)cc(OC)c1. The number of ether oxygens (including phenoxy) is 2. The van der Waals surface area contributed by atoms with Gasteiger partial charge in [-0.2, -0.15) is 0 Å². The highest BCUT2D eigenvalue weighted by atomic mass is 79.9. The summed E-state index contributed by atoms with van der Waals surface area (Å²) >= 11 is 3.39. The van der Waals surface area contributed by atoms with E-state index in [0.29, 0.717) is 6.61 Å². The van der Waals surface area contributed by atoms with E-state index in [4.69, 9.17) is 9.47 Å². The second-order valence-corrected chi connectivity index (χ2v) is 3.35. The average molecular weight is 231 g/mol. The largest absolute Gasteiger partial charge is 0.497 e. The van der Waals surface area contributed by atoms with Gasteiger partial charge in [0, 0.05) is 11.6 Å². The fraction of sp³-hybridized carbons (Fsp3) is 0.333. The Morgan fingerprint density at radius 2 is 2.00 bits per heavy atom. The van der Waals surface area contributed by atoms with Crippen LogP contribution in [0.2, 0.25) is 0 Å². The molecule has 2 nitrogen and oxygen atoms in total. The first kappa shape index (κ1) is 9.55. The maximum absolute atomic E-state index is 5.10. The van der Waals surface area contributed by atoms with Gasteiger partial charge in [-0.3, -0.25) is 0 Å². The van der Waals surface area contributed by atoms with Crippen LogP contribution in [0.4, 0.5) is 0 Å². The molecule has 0 saturated heterocycles. The number of hydrogen-bond acceptors (Lipinski definition) is 2. The van der Waals surface area contributed by atoms with Crippen LogP contribution in [0.15, 0.2) is 22.7 Å². The van der Waals surface area contributed by atoms with E-state index in [1.54, 1.807) is 14.2 Å². The van der Waals surface area contributed by atoms with Gasteiger partial charge in [-0.1, -0.05) is 15.9 Å². The minimum atomic E-state index is 0.607. The van der Waals surface area contributed by atoms with E-state index < -0.39 is 0 Å². The smallest absolute Gasteiger partial charge is 0.120 e. The van der Waals surface area contributed by atoms with Gasteiger partial charge in [0.1, 0.15) is 5.75 Å². The summed E-state index contributed by atoms with van der Waals surface area (Å²) in [7, 11) is 3.33. The van der Waals surface area contributed by atoms with E-state index >= 15 is 0 Å². The van der Waals surface area contributed by atoms with Crippen LogP contribution in [0.3, 0.4) is 0 Å². The first-order valence-corrected chi connectivity index (χ1v) is 4.38. The van der Waals surface area contributed by atoms with Crippen molar-refractivity contribution in [3.05, 3.63) is 28.2 Å². The van der Waals surface area contributed by atoms with Gasteiger partial charge in [0.05, 0.1) is 13.7 Å². The highest BCUT2D eigenvalue weighted by Gasteiger charge is 1.98. The van der Waals surface area contributed by atoms with Gasteiger partial charge in [0.15, 0.2) is 0 Å². The zero-order chi connectivity index (χ0) is 8.97. The molecule has 3 heteroatoms. The summed E-state index contributed by atoms with van der Waals surface area (Å²) in [5.41, 5.74) is 1.10. The molecule has 0 unspecified atom stereocenters. The number of methoxy groups -OCH3 is 2. The average Bonchev–Trinajstić information content (AvgIpc) is 2.04. The van der Waals surface area contributed by atoms with E-state index in [9.17, 15) is 0 Å². The summed E-state index contributed by atoms with van der Waals surface area (Å²) in [5.74, 6) is 0.844. The molecule has 0 aliphatic heterocycles. The molecule has 0 aliphatic rings. The monoisotopic (exact) mass is 230 g/mol. The number of halogens is 1. The summed E-state index contributed by atoms with van der Waals surface area (Å²) in [4.78, 5) is 0. The molecule has 1 aromatic carbocycles. The summed E-state index contributed by atoms with van der Waals surface area (Å²) < 4.78 is 11.1. The van der Waals surface area contributed by atoms with Gasteiger partial charge in [-0.15, -0.1) is 0 Å². The van der Waals surface area contributed by atoms with Gasteiger partial charge in [-0.25, -0.2) is 0 Å². The minimum absolute atomic E-state index is 0.607. The van der Waals surface area contributed by atoms with Gasteiger partial charge >= 0.3 is 0 Å². The number of benzene rings is 1. The Labute approximate surface area is 80.6 Å². The standard InChI is InChI=1S/C9H11BrO2/c1-11-6-7-3-8(10)5-9(4-7)12-2/h3-5H,6H2,1-2H3. The maximum atomic E-state index is 5.10. The third-order valence-corrected chi connectivity index (χ3v) is 1.94. The lowest BCUT2D eigenvalue weighted by atomic mass is 10.2. The van der Waals surface area contributed by atoms with Crippen LogP contribution in [0.25, 0.3) is 0 Å². The molecular weight excluding hydrogens is 220 g/mol. The Hall–Kier alpha value is -0.540. The van der Waals surface area contributed by atoms with Crippen LogP contribution in [0.1, 0.15) is 5.56 Å². The normalized spacial score (nSPS) is 9.92. The predicted molar refractivity (Wildman–Crippen MR) is 51.4 cm³/mol. The van der Waals surface area contributed by atoms with Crippen molar-refractivity contribution in [3.8, 4) is 5.75 Å². The highest BCUT2D eigenvalue weighted by molar-refractivity contribution is 9.10. The molecule has 1 rings (SSSR count). The van der Waals surface area contributed by atoms with Gasteiger partial charge in [0.25, 0.3) is 0 Å². The summed E-state index contributed by atoms with van der Waals surface area (Å²) in [6.45, 7) is 0.607. The van der Waals surface area contributed by atoms with Crippen LogP contribution in [0, 0.1) is 0 Å². The molecule has 0 saturated carbocycles. The number of rotatable bonds is 3. The predicted octanol–water partition coefficient (Wildman–Crippen LogP) is 2.60. The topological polar surface area (TPSA) is 18.5 Å². The molecule has 66 valence electrons. The van der Waals surface area contributed by atoms with Crippen LogP contribution >= 0.6 is 15.9 Å². The van der Waals surface area contributed by atoms with Crippen molar-refractivity contribution in [2.75, 3.05) is 14.2 Å². The van der Waals surface area contributed by atoms with E-state index in [0.717, 1.165) is 15.8 Å². The lowest BCUT2D eigenvalue weighted by Gasteiger charge is -2.04. The zero-order valence-electron chi connectivity index (χ0n) is 7.13.